The average Bonchev–Trinajstić information content (AvgIpc) is 2.73. The Labute approximate surface area is 170 Å². The van der Waals surface area contributed by atoms with E-state index in [0.717, 1.165) is 28.9 Å². The highest BCUT2D eigenvalue weighted by Crippen LogP contribution is 2.43. The van der Waals surface area contributed by atoms with Gasteiger partial charge in [0.25, 0.3) is 0 Å². The molecule has 0 fully saturated rings. The van der Waals surface area contributed by atoms with E-state index >= 15 is 0 Å². The molecule has 0 atom stereocenters. The SMILES string of the molecule is COc1cc(Nc2ncc3c(n2)-c2ccccc2C(C)(C)C3)cc(OC)c1OC. The van der Waals surface area contributed by atoms with Crippen LogP contribution in [0.3, 0.4) is 0 Å². The Morgan fingerprint density at radius 2 is 1.66 bits per heavy atom. The van der Waals surface area contributed by atoms with Gasteiger partial charge in [-0.25, -0.2) is 9.97 Å². The molecule has 1 aliphatic rings. The lowest BCUT2D eigenvalue weighted by Gasteiger charge is -2.33. The molecule has 2 aromatic carbocycles. The quantitative estimate of drug-likeness (QED) is 0.677. The highest BCUT2D eigenvalue weighted by molar-refractivity contribution is 5.73. The number of anilines is 2. The van der Waals surface area contributed by atoms with Crippen molar-refractivity contribution in [2.45, 2.75) is 25.7 Å². The van der Waals surface area contributed by atoms with Gasteiger partial charge in [-0.3, -0.25) is 0 Å². The number of hydrogen-bond acceptors (Lipinski definition) is 6. The van der Waals surface area contributed by atoms with Crippen molar-refractivity contribution < 1.29 is 14.2 Å². The van der Waals surface area contributed by atoms with Crippen LogP contribution < -0.4 is 19.5 Å². The second-order valence-electron chi connectivity index (χ2n) is 7.71. The highest BCUT2D eigenvalue weighted by atomic mass is 16.5. The fourth-order valence-corrected chi connectivity index (χ4v) is 3.96. The van der Waals surface area contributed by atoms with Crippen LogP contribution in [0.2, 0.25) is 0 Å². The monoisotopic (exact) mass is 391 g/mol. The first-order valence-corrected chi connectivity index (χ1v) is 9.49. The molecule has 0 radical (unpaired) electrons. The minimum Gasteiger partial charge on any atom is -0.493 e. The fraction of sp³-hybridized carbons (Fsp3) is 0.304. The molecule has 6 nitrogen and oxygen atoms in total. The van der Waals surface area contributed by atoms with E-state index in [1.807, 2.05) is 18.3 Å². The third-order valence-corrected chi connectivity index (χ3v) is 5.33. The first-order chi connectivity index (χ1) is 14.0. The number of nitrogens with one attached hydrogen (secondary N) is 1. The molecule has 29 heavy (non-hydrogen) atoms. The molecule has 1 aliphatic carbocycles. The Hall–Kier alpha value is -3.28. The molecule has 1 N–H and O–H groups in total. The first-order valence-electron chi connectivity index (χ1n) is 9.49. The molecule has 0 amide bonds. The number of hydrogen-bond donors (Lipinski definition) is 1. The number of benzene rings is 2. The van der Waals surface area contributed by atoms with E-state index in [1.165, 1.54) is 5.56 Å². The minimum absolute atomic E-state index is 0.0542. The van der Waals surface area contributed by atoms with Crippen LogP contribution in [-0.2, 0) is 11.8 Å². The Kier molecular flexibility index (Phi) is 4.78. The summed E-state index contributed by atoms with van der Waals surface area (Å²) in [6, 6.07) is 12.1. The molecule has 150 valence electrons. The maximum Gasteiger partial charge on any atom is 0.227 e. The number of aromatic nitrogens is 2. The Bertz CT molecular complexity index is 1040. The zero-order chi connectivity index (χ0) is 20.6. The summed E-state index contributed by atoms with van der Waals surface area (Å²) in [4.78, 5) is 9.38. The third-order valence-electron chi connectivity index (χ3n) is 5.33. The first kappa shape index (κ1) is 19.1. The van der Waals surface area contributed by atoms with E-state index < -0.39 is 0 Å². The van der Waals surface area contributed by atoms with Gasteiger partial charge >= 0.3 is 0 Å². The van der Waals surface area contributed by atoms with Gasteiger partial charge in [-0.1, -0.05) is 38.1 Å². The van der Waals surface area contributed by atoms with Crippen molar-refractivity contribution in [1.82, 2.24) is 9.97 Å². The molecular weight excluding hydrogens is 366 g/mol. The molecule has 1 heterocycles. The predicted octanol–water partition coefficient (Wildman–Crippen LogP) is 4.75. The smallest absolute Gasteiger partial charge is 0.227 e. The summed E-state index contributed by atoms with van der Waals surface area (Å²) in [6.07, 6.45) is 2.82. The molecule has 0 saturated carbocycles. The van der Waals surface area contributed by atoms with Crippen molar-refractivity contribution in [3.8, 4) is 28.5 Å². The number of rotatable bonds is 5. The van der Waals surface area contributed by atoms with Crippen molar-refractivity contribution >= 4 is 11.6 Å². The number of fused-ring (bicyclic) bond motifs is 3. The molecule has 6 heteroatoms. The number of nitrogens with zero attached hydrogens (tertiary/aromatic N) is 2. The van der Waals surface area contributed by atoms with Gasteiger partial charge in [-0.15, -0.1) is 0 Å². The van der Waals surface area contributed by atoms with E-state index in [0.29, 0.717) is 23.2 Å². The predicted molar refractivity (Wildman–Crippen MR) is 114 cm³/mol. The van der Waals surface area contributed by atoms with Gasteiger partial charge in [-0.05, 0) is 23.0 Å². The summed E-state index contributed by atoms with van der Waals surface area (Å²) in [6.45, 7) is 4.52. The summed E-state index contributed by atoms with van der Waals surface area (Å²) in [7, 11) is 4.77. The van der Waals surface area contributed by atoms with Gasteiger partial charge in [0.1, 0.15) is 0 Å². The normalized spacial score (nSPS) is 13.8. The second-order valence-corrected chi connectivity index (χ2v) is 7.71. The zero-order valence-corrected chi connectivity index (χ0v) is 17.4. The third kappa shape index (κ3) is 3.35. The van der Waals surface area contributed by atoms with Crippen molar-refractivity contribution in [3.05, 3.63) is 53.7 Å². The van der Waals surface area contributed by atoms with Gasteiger partial charge < -0.3 is 19.5 Å². The van der Waals surface area contributed by atoms with E-state index in [-0.39, 0.29) is 5.41 Å². The molecule has 0 spiro atoms. The van der Waals surface area contributed by atoms with Crippen LogP contribution in [0, 0.1) is 0 Å². The summed E-state index contributed by atoms with van der Waals surface area (Å²) in [5.41, 5.74) is 5.41. The van der Waals surface area contributed by atoms with Crippen molar-refractivity contribution in [1.29, 1.82) is 0 Å². The Balaban J connectivity index is 1.74. The molecule has 3 aromatic rings. The Morgan fingerprint density at radius 1 is 0.966 bits per heavy atom. The van der Waals surface area contributed by atoms with Gasteiger partial charge in [-0.2, -0.15) is 0 Å². The van der Waals surface area contributed by atoms with E-state index in [9.17, 15) is 0 Å². The summed E-state index contributed by atoms with van der Waals surface area (Å²) >= 11 is 0. The molecule has 4 rings (SSSR count). The van der Waals surface area contributed by atoms with Gasteiger partial charge in [0.2, 0.25) is 11.7 Å². The highest BCUT2D eigenvalue weighted by Gasteiger charge is 2.31. The van der Waals surface area contributed by atoms with Crippen LogP contribution in [0.15, 0.2) is 42.6 Å². The molecule has 0 saturated heterocycles. The van der Waals surface area contributed by atoms with Gasteiger partial charge in [0.05, 0.1) is 27.0 Å². The van der Waals surface area contributed by atoms with Crippen molar-refractivity contribution in [2.24, 2.45) is 0 Å². The van der Waals surface area contributed by atoms with Gasteiger partial charge in [0.15, 0.2) is 11.5 Å². The van der Waals surface area contributed by atoms with Gasteiger partial charge in [0, 0.05) is 29.6 Å². The lowest BCUT2D eigenvalue weighted by Crippen LogP contribution is -2.26. The van der Waals surface area contributed by atoms with Crippen molar-refractivity contribution in [3.63, 3.8) is 0 Å². The maximum absolute atomic E-state index is 5.43. The van der Waals surface area contributed by atoms with E-state index in [4.69, 9.17) is 19.2 Å². The molecule has 1 aromatic heterocycles. The van der Waals surface area contributed by atoms with Crippen LogP contribution in [0.5, 0.6) is 17.2 Å². The maximum atomic E-state index is 5.43. The van der Waals surface area contributed by atoms with Crippen LogP contribution >= 0.6 is 0 Å². The minimum atomic E-state index is 0.0542. The summed E-state index contributed by atoms with van der Waals surface area (Å²) in [5.74, 6) is 2.20. The second kappa shape index (κ2) is 7.28. The van der Waals surface area contributed by atoms with Crippen LogP contribution in [0.25, 0.3) is 11.3 Å². The lowest BCUT2D eigenvalue weighted by atomic mass is 9.72. The van der Waals surface area contributed by atoms with Crippen LogP contribution in [0.1, 0.15) is 25.0 Å². The number of methoxy groups -OCH3 is 3. The molecule has 0 aliphatic heterocycles. The summed E-state index contributed by atoms with van der Waals surface area (Å²) in [5, 5.41) is 3.27. The standard InChI is InChI=1S/C23H25N3O3/c1-23(2)12-14-13-24-22(26-20(14)16-8-6-7-9-17(16)23)25-15-10-18(27-3)21(29-5)19(11-15)28-4/h6-11,13H,12H2,1-5H3,(H,24,25,26). The lowest BCUT2D eigenvalue weighted by molar-refractivity contribution is 0.324. The Morgan fingerprint density at radius 3 is 2.31 bits per heavy atom. The van der Waals surface area contributed by atoms with Crippen molar-refractivity contribution in [2.75, 3.05) is 26.6 Å². The largest absolute Gasteiger partial charge is 0.493 e. The zero-order valence-electron chi connectivity index (χ0n) is 17.4. The van der Waals surface area contributed by atoms with Crippen LogP contribution in [0.4, 0.5) is 11.6 Å². The molecular formula is C23H25N3O3. The number of ether oxygens (including phenoxy) is 3. The fourth-order valence-electron chi connectivity index (χ4n) is 3.96. The topological polar surface area (TPSA) is 65.5 Å². The molecule has 0 unspecified atom stereocenters. The summed E-state index contributed by atoms with van der Waals surface area (Å²) < 4.78 is 16.2. The molecule has 0 bridgehead atoms. The average molecular weight is 391 g/mol. The van der Waals surface area contributed by atoms with E-state index in [2.05, 4.69) is 48.4 Å². The van der Waals surface area contributed by atoms with E-state index in [1.54, 1.807) is 21.3 Å². The van der Waals surface area contributed by atoms with Crippen LogP contribution in [-0.4, -0.2) is 31.3 Å².